The summed E-state index contributed by atoms with van der Waals surface area (Å²) < 4.78 is 1.05. The Bertz CT molecular complexity index is 380. The lowest BCUT2D eigenvalue weighted by Gasteiger charge is -2.09. The van der Waals surface area contributed by atoms with E-state index >= 15 is 0 Å². The van der Waals surface area contributed by atoms with Crippen LogP contribution < -0.4 is 10.9 Å². The van der Waals surface area contributed by atoms with Crippen molar-refractivity contribution in [3.05, 3.63) is 34.3 Å². The third-order valence-electron chi connectivity index (χ3n) is 2.68. The molecule has 4 nitrogen and oxygen atoms in total. The summed E-state index contributed by atoms with van der Waals surface area (Å²) in [6.45, 7) is 0. The maximum Gasteiger partial charge on any atom is 0.304 e. The van der Waals surface area contributed by atoms with Crippen LogP contribution in [0, 0.1) is 0 Å². The molecule has 0 amide bonds. The van der Waals surface area contributed by atoms with E-state index in [0.717, 1.165) is 10.9 Å². The first-order valence-corrected chi connectivity index (χ1v) is 5.93. The Balaban J connectivity index is 1.98. The first kappa shape index (κ1) is 11.6. The molecule has 2 unspecified atom stereocenters. The number of carboxylic acids is 1. The average molecular weight is 285 g/mol. The van der Waals surface area contributed by atoms with Crippen molar-refractivity contribution in [1.29, 1.82) is 0 Å². The zero-order valence-corrected chi connectivity index (χ0v) is 10.2. The molecule has 16 heavy (non-hydrogen) atoms. The van der Waals surface area contributed by atoms with Gasteiger partial charge in [0.2, 0.25) is 0 Å². The number of hydrogen-bond donors (Lipinski definition) is 3. The third kappa shape index (κ3) is 2.81. The Labute approximate surface area is 102 Å². The smallest absolute Gasteiger partial charge is 0.304 e. The van der Waals surface area contributed by atoms with Crippen LogP contribution in [0.4, 0.5) is 0 Å². The Kier molecular flexibility index (Phi) is 3.58. The first-order chi connectivity index (χ1) is 7.65. The van der Waals surface area contributed by atoms with Crippen molar-refractivity contribution in [3.63, 3.8) is 0 Å². The summed E-state index contributed by atoms with van der Waals surface area (Å²) in [6.07, 6.45) is 0.952. The standard InChI is InChI=1S/C11H13BrN2O2/c12-8-3-1-7(2-4-8)10-5-9(13-14-10)6-11(15)16/h1-4,9-10,13-14H,5-6H2,(H,15,16). The number of benzene rings is 1. The summed E-state index contributed by atoms with van der Waals surface area (Å²) in [5.74, 6) is -0.768. The molecule has 0 spiro atoms. The molecule has 1 aliphatic heterocycles. The van der Waals surface area contributed by atoms with Crippen molar-refractivity contribution >= 4 is 21.9 Å². The minimum atomic E-state index is -0.768. The van der Waals surface area contributed by atoms with Gasteiger partial charge in [-0.15, -0.1) is 0 Å². The zero-order valence-electron chi connectivity index (χ0n) is 8.61. The second-order valence-electron chi connectivity index (χ2n) is 3.92. The average Bonchev–Trinajstić information content (AvgIpc) is 2.66. The molecular weight excluding hydrogens is 272 g/mol. The van der Waals surface area contributed by atoms with E-state index in [1.54, 1.807) is 0 Å². The Hall–Kier alpha value is -0.910. The zero-order chi connectivity index (χ0) is 11.5. The quantitative estimate of drug-likeness (QED) is 0.793. The fourth-order valence-electron chi connectivity index (χ4n) is 1.88. The van der Waals surface area contributed by atoms with Crippen molar-refractivity contribution in [2.45, 2.75) is 24.9 Å². The van der Waals surface area contributed by atoms with Crippen LogP contribution in [-0.2, 0) is 4.79 Å². The van der Waals surface area contributed by atoms with Crippen molar-refractivity contribution in [2.75, 3.05) is 0 Å². The van der Waals surface area contributed by atoms with E-state index < -0.39 is 5.97 Å². The number of carbonyl (C=O) groups is 1. The largest absolute Gasteiger partial charge is 0.481 e. The van der Waals surface area contributed by atoms with Crippen molar-refractivity contribution in [3.8, 4) is 0 Å². The van der Waals surface area contributed by atoms with Gasteiger partial charge < -0.3 is 5.11 Å². The molecule has 0 radical (unpaired) electrons. The lowest BCUT2D eigenvalue weighted by atomic mass is 10.0. The number of rotatable bonds is 3. The van der Waals surface area contributed by atoms with E-state index in [-0.39, 0.29) is 18.5 Å². The monoisotopic (exact) mass is 284 g/mol. The van der Waals surface area contributed by atoms with Crippen molar-refractivity contribution in [1.82, 2.24) is 10.9 Å². The van der Waals surface area contributed by atoms with E-state index in [1.807, 2.05) is 24.3 Å². The summed E-state index contributed by atoms with van der Waals surface area (Å²) >= 11 is 3.38. The highest BCUT2D eigenvalue weighted by Crippen LogP contribution is 2.24. The molecule has 0 aliphatic carbocycles. The molecular formula is C11H13BrN2O2. The third-order valence-corrected chi connectivity index (χ3v) is 3.20. The first-order valence-electron chi connectivity index (χ1n) is 5.13. The molecule has 1 saturated heterocycles. The van der Waals surface area contributed by atoms with E-state index in [2.05, 4.69) is 26.8 Å². The van der Waals surface area contributed by atoms with Crippen LogP contribution in [0.25, 0.3) is 0 Å². The van der Waals surface area contributed by atoms with Gasteiger partial charge in [-0.05, 0) is 24.1 Å². The van der Waals surface area contributed by atoms with Crippen molar-refractivity contribution < 1.29 is 9.90 Å². The number of halogens is 1. The number of hydrazine groups is 1. The van der Waals surface area contributed by atoms with E-state index in [0.29, 0.717) is 0 Å². The predicted octanol–water partition coefficient (Wildman–Crippen LogP) is 1.83. The Morgan fingerprint density at radius 3 is 2.69 bits per heavy atom. The van der Waals surface area contributed by atoms with Crippen LogP contribution in [0.3, 0.4) is 0 Å². The summed E-state index contributed by atoms with van der Waals surface area (Å²) in [7, 11) is 0. The maximum atomic E-state index is 10.6. The maximum absolute atomic E-state index is 10.6. The van der Waals surface area contributed by atoms with Gasteiger partial charge in [0, 0.05) is 16.6 Å². The van der Waals surface area contributed by atoms with Gasteiger partial charge in [0.15, 0.2) is 0 Å². The number of nitrogens with one attached hydrogen (secondary N) is 2. The van der Waals surface area contributed by atoms with Crippen molar-refractivity contribution in [2.24, 2.45) is 0 Å². The van der Waals surface area contributed by atoms with Gasteiger partial charge in [0.05, 0.1) is 6.42 Å². The van der Waals surface area contributed by atoms with E-state index in [4.69, 9.17) is 5.11 Å². The van der Waals surface area contributed by atoms with Gasteiger partial charge in [0.25, 0.3) is 0 Å². The molecule has 1 aromatic rings. The van der Waals surface area contributed by atoms with Crippen LogP contribution in [0.1, 0.15) is 24.4 Å². The second-order valence-corrected chi connectivity index (χ2v) is 4.84. The van der Waals surface area contributed by atoms with Gasteiger partial charge >= 0.3 is 5.97 Å². The summed E-state index contributed by atoms with van der Waals surface area (Å²) in [6, 6.07) is 8.24. The molecule has 1 fully saturated rings. The van der Waals surface area contributed by atoms with Crippen LogP contribution in [0.15, 0.2) is 28.7 Å². The van der Waals surface area contributed by atoms with Gasteiger partial charge in [-0.3, -0.25) is 15.6 Å². The topological polar surface area (TPSA) is 61.4 Å². The fraction of sp³-hybridized carbons (Fsp3) is 0.364. The molecule has 0 aromatic heterocycles. The molecule has 5 heteroatoms. The summed E-state index contributed by atoms with van der Waals surface area (Å²) in [5.41, 5.74) is 7.30. The second kappa shape index (κ2) is 4.95. The van der Waals surface area contributed by atoms with Gasteiger partial charge in [-0.2, -0.15) is 0 Å². The molecule has 86 valence electrons. The Morgan fingerprint density at radius 1 is 1.38 bits per heavy atom. The van der Waals surface area contributed by atoms with E-state index in [9.17, 15) is 4.79 Å². The highest BCUT2D eigenvalue weighted by atomic mass is 79.9. The number of carboxylic acid groups (broad SMARTS) is 1. The summed E-state index contributed by atoms with van der Waals surface area (Å²) in [5, 5.41) is 8.69. The molecule has 1 heterocycles. The number of aliphatic carboxylic acids is 1. The van der Waals surface area contributed by atoms with Crippen LogP contribution >= 0.6 is 15.9 Å². The highest BCUT2D eigenvalue weighted by Gasteiger charge is 2.26. The van der Waals surface area contributed by atoms with Gasteiger partial charge in [-0.25, -0.2) is 0 Å². The molecule has 1 aromatic carbocycles. The molecule has 1 aliphatic rings. The fourth-order valence-corrected chi connectivity index (χ4v) is 2.14. The lowest BCUT2D eigenvalue weighted by Crippen LogP contribution is -2.32. The van der Waals surface area contributed by atoms with Crippen LogP contribution in [0.2, 0.25) is 0 Å². The predicted molar refractivity (Wildman–Crippen MR) is 63.8 cm³/mol. The normalized spacial score (nSPS) is 24.6. The molecule has 0 bridgehead atoms. The minimum absolute atomic E-state index is 0.00569. The number of hydrogen-bond acceptors (Lipinski definition) is 3. The summed E-state index contributed by atoms with van der Waals surface area (Å²) in [4.78, 5) is 10.6. The molecule has 2 rings (SSSR count). The molecule has 2 atom stereocenters. The Morgan fingerprint density at radius 2 is 2.06 bits per heavy atom. The van der Waals surface area contributed by atoms with Gasteiger partial charge in [0.1, 0.15) is 0 Å². The van der Waals surface area contributed by atoms with Crippen LogP contribution in [-0.4, -0.2) is 17.1 Å². The SMILES string of the molecule is O=C(O)CC1CC(c2ccc(Br)cc2)NN1. The lowest BCUT2D eigenvalue weighted by molar-refractivity contribution is -0.137. The van der Waals surface area contributed by atoms with E-state index in [1.165, 1.54) is 5.56 Å². The molecule has 3 N–H and O–H groups in total. The highest BCUT2D eigenvalue weighted by molar-refractivity contribution is 9.10. The molecule has 0 saturated carbocycles. The van der Waals surface area contributed by atoms with Crippen LogP contribution in [0.5, 0.6) is 0 Å². The minimum Gasteiger partial charge on any atom is -0.481 e. The van der Waals surface area contributed by atoms with Gasteiger partial charge in [-0.1, -0.05) is 28.1 Å².